The lowest BCUT2D eigenvalue weighted by atomic mass is 9.77. The SMILES string of the molecule is C=CC(C)(CO)NC(=O)c1ccc2c(=O)c3c(sc2c1)CC(C)(C)CC3. The quantitative estimate of drug-likeness (QED) is 0.809. The van der Waals surface area contributed by atoms with Gasteiger partial charge in [-0.3, -0.25) is 9.59 Å². The van der Waals surface area contributed by atoms with E-state index in [-0.39, 0.29) is 23.4 Å². The van der Waals surface area contributed by atoms with Crippen molar-refractivity contribution < 1.29 is 9.90 Å². The predicted molar refractivity (Wildman–Crippen MR) is 107 cm³/mol. The van der Waals surface area contributed by atoms with Crippen molar-refractivity contribution in [2.75, 3.05) is 6.61 Å². The first kappa shape index (κ1) is 18.8. The third kappa shape index (κ3) is 3.46. The zero-order valence-electron chi connectivity index (χ0n) is 15.5. The second-order valence-corrected chi connectivity index (χ2v) is 9.26. The zero-order valence-corrected chi connectivity index (χ0v) is 16.3. The molecule has 26 heavy (non-hydrogen) atoms. The van der Waals surface area contributed by atoms with Crippen molar-refractivity contribution in [3.05, 3.63) is 57.1 Å². The van der Waals surface area contributed by atoms with E-state index in [9.17, 15) is 14.7 Å². The van der Waals surface area contributed by atoms with Gasteiger partial charge in [0, 0.05) is 26.1 Å². The molecule has 0 spiro atoms. The minimum atomic E-state index is -0.876. The van der Waals surface area contributed by atoms with Crippen LogP contribution in [0.4, 0.5) is 0 Å². The van der Waals surface area contributed by atoms with Crippen molar-refractivity contribution in [1.29, 1.82) is 0 Å². The average molecular weight is 372 g/mol. The molecule has 1 aliphatic rings. The molecule has 2 N–H and O–H groups in total. The standard InChI is InChI=1S/C21H25NO3S/c1-5-21(4,12-23)22-19(25)13-6-7-14-16(10-13)26-17-11-20(2,3)9-8-15(17)18(14)24/h5-7,10,23H,1,8-9,11-12H2,2-4H3,(H,22,25). The fraction of sp³-hybridized carbons (Fsp3) is 0.429. The Labute approximate surface area is 157 Å². The van der Waals surface area contributed by atoms with Crippen LogP contribution in [0.25, 0.3) is 10.1 Å². The molecule has 0 saturated carbocycles. The number of hydrogen-bond donors (Lipinski definition) is 2. The van der Waals surface area contributed by atoms with Crippen molar-refractivity contribution in [3.8, 4) is 0 Å². The van der Waals surface area contributed by atoms with Crippen molar-refractivity contribution in [1.82, 2.24) is 5.32 Å². The molecule has 1 atom stereocenters. The maximum absolute atomic E-state index is 12.8. The van der Waals surface area contributed by atoms with Gasteiger partial charge in [-0.2, -0.15) is 0 Å². The smallest absolute Gasteiger partial charge is 0.252 e. The lowest BCUT2D eigenvalue weighted by Gasteiger charge is -2.30. The van der Waals surface area contributed by atoms with Crippen LogP contribution in [0.1, 0.15) is 48.0 Å². The van der Waals surface area contributed by atoms with Gasteiger partial charge in [-0.15, -0.1) is 17.9 Å². The number of hydrogen-bond acceptors (Lipinski definition) is 4. The molecule has 0 bridgehead atoms. The number of carbonyl (C=O) groups excluding carboxylic acids is 1. The van der Waals surface area contributed by atoms with Crippen LogP contribution in [0.15, 0.2) is 35.6 Å². The van der Waals surface area contributed by atoms with Crippen LogP contribution in [0, 0.1) is 5.41 Å². The van der Waals surface area contributed by atoms with Gasteiger partial charge in [0.05, 0.1) is 12.1 Å². The summed E-state index contributed by atoms with van der Waals surface area (Å²) in [4.78, 5) is 26.5. The number of fused-ring (bicyclic) bond motifs is 2. The fourth-order valence-electron chi connectivity index (χ4n) is 3.29. The van der Waals surface area contributed by atoms with Crippen LogP contribution in [-0.2, 0) is 12.8 Å². The van der Waals surface area contributed by atoms with Crippen LogP contribution < -0.4 is 10.7 Å². The number of carbonyl (C=O) groups is 1. The minimum absolute atomic E-state index is 0.0995. The number of nitrogens with one attached hydrogen (secondary N) is 1. The Balaban J connectivity index is 2.03. The van der Waals surface area contributed by atoms with E-state index in [0.717, 1.165) is 34.4 Å². The minimum Gasteiger partial charge on any atom is -0.394 e. The highest BCUT2D eigenvalue weighted by molar-refractivity contribution is 7.18. The summed E-state index contributed by atoms with van der Waals surface area (Å²) >= 11 is 1.62. The Morgan fingerprint density at radius 2 is 2.19 bits per heavy atom. The van der Waals surface area contributed by atoms with Crippen molar-refractivity contribution in [3.63, 3.8) is 0 Å². The lowest BCUT2D eigenvalue weighted by molar-refractivity contribution is 0.0889. The van der Waals surface area contributed by atoms with Gasteiger partial charge < -0.3 is 10.4 Å². The maximum atomic E-state index is 12.8. The molecule has 2 aromatic rings. The highest BCUT2D eigenvalue weighted by Crippen LogP contribution is 2.37. The summed E-state index contributed by atoms with van der Waals surface area (Å²) in [6, 6.07) is 5.19. The molecule has 1 unspecified atom stereocenters. The summed E-state index contributed by atoms with van der Waals surface area (Å²) in [6.45, 7) is 9.59. The molecule has 1 amide bonds. The molecule has 5 heteroatoms. The maximum Gasteiger partial charge on any atom is 0.252 e. The fourth-order valence-corrected chi connectivity index (χ4v) is 4.79. The largest absolute Gasteiger partial charge is 0.394 e. The Bertz CT molecular complexity index is 944. The van der Waals surface area contributed by atoms with Gasteiger partial charge in [-0.05, 0) is 49.8 Å². The summed E-state index contributed by atoms with van der Waals surface area (Å²) in [5.41, 5.74) is 0.843. The molecule has 138 valence electrons. The van der Waals surface area contributed by atoms with E-state index in [0.29, 0.717) is 10.9 Å². The molecule has 0 saturated heterocycles. The van der Waals surface area contributed by atoms with E-state index >= 15 is 0 Å². The van der Waals surface area contributed by atoms with E-state index in [4.69, 9.17) is 0 Å². The van der Waals surface area contributed by atoms with Gasteiger partial charge in [-0.25, -0.2) is 0 Å². The Morgan fingerprint density at radius 1 is 1.46 bits per heavy atom. The first-order valence-corrected chi connectivity index (χ1v) is 9.65. The average Bonchev–Trinajstić information content (AvgIpc) is 2.60. The summed E-state index contributed by atoms with van der Waals surface area (Å²) in [5, 5.41) is 12.9. The number of rotatable bonds is 4. The molecule has 1 aromatic carbocycles. The first-order valence-electron chi connectivity index (χ1n) is 8.84. The second kappa shape index (κ2) is 6.63. The molecule has 4 nitrogen and oxygen atoms in total. The molecular formula is C21H25NO3S. The van der Waals surface area contributed by atoms with Gasteiger partial charge in [0.15, 0.2) is 5.43 Å². The van der Waals surface area contributed by atoms with E-state index in [1.54, 1.807) is 36.5 Å². The van der Waals surface area contributed by atoms with Crippen molar-refractivity contribution in [2.24, 2.45) is 5.41 Å². The molecule has 1 heterocycles. The van der Waals surface area contributed by atoms with Crippen molar-refractivity contribution in [2.45, 2.75) is 45.6 Å². The van der Waals surface area contributed by atoms with E-state index in [1.165, 1.54) is 6.08 Å². The number of aliphatic hydroxyl groups excluding tert-OH is 1. The molecule has 0 fully saturated rings. The van der Waals surface area contributed by atoms with Crippen LogP contribution >= 0.6 is 11.3 Å². The monoisotopic (exact) mass is 371 g/mol. The van der Waals surface area contributed by atoms with Gasteiger partial charge in [0.25, 0.3) is 5.91 Å². The van der Waals surface area contributed by atoms with E-state index in [1.807, 2.05) is 0 Å². The molecular weight excluding hydrogens is 346 g/mol. The second-order valence-electron chi connectivity index (χ2n) is 8.12. The normalized spacial score (nSPS) is 18.0. The highest BCUT2D eigenvalue weighted by atomic mass is 32.1. The van der Waals surface area contributed by atoms with Gasteiger partial charge in [0.2, 0.25) is 0 Å². The number of benzene rings is 1. The predicted octanol–water partition coefficient (Wildman–Crippen LogP) is 3.44. The number of amides is 1. The molecule has 0 radical (unpaired) electrons. The van der Waals surface area contributed by atoms with Crippen LogP contribution in [0.2, 0.25) is 0 Å². The summed E-state index contributed by atoms with van der Waals surface area (Å²) < 4.78 is 0.836. The third-order valence-electron chi connectivity index (χ3n) is 5.20. The van der Waals surface area contributed by atoms with Crippen LogP contribution in [0.3, 0.4) is 0 Å². The summed E-state index contributed by atoms with van der Waals surface area (Å²) in [5.74, 6) is -0.291. The van der Waals surface area contributed by atoms with Gasteiger partial charge >= 0.3 is 0 Å². The van der Waals surface area contributed by atoms with E-state index in [2.05, 4.69) is 25.7 Å². The molecule has 0 aliphatic heterocycles. The van der Waals surface area contributed by atoms with Crippen LogP contribution in [-0.4, -0.2) is 23.2 Å². The van der Waals surface area contributed by atoms with Gasteiger partial charge in [-0.1, -0.05) is 19.9 Å². The lowest BCUT2D eigenvalue weighted by Crippen LogP contribution is -2.47. The Hall–Kier alpha value is -1.98. The number of aliphatic hydroxyl groups is 1. The molecule has 1 aliphatic carbocycles. The highest BCUT2D eigenvalue weighted by Gasteiger charge is 2.28. The van der Waals surface area contributed by atoms with Crippen LogP contribution in [0.5, 0.6) is 0 Å². The third-order valence-corrected chi connectivity index (χ3v) is 6.40. The van der Waals surface area contributed by atoms with Crippen molar-refractivity contribution >= 4 is 27.3 Å². The topological polar surface area (TPSA) is 66.4 Å². The summed E-state index contributed by atoms with van der Waals surface area (Å²) in [7, 11) is 0. The Kier molecular flexibility index (Phi) is 4.80. The molecule has 3 rings (SSSR count). The Morgan fingerprint density at radius 3 is 2.85 bits per heavy atom. The molecule has 1 aromatic heterocycles. The van der Waals surface area contributed by atoms with Gasteiger partial charge in [0.1, 0.15) is 0 Å². The van der Waals surface area contributed by atoms with E-state index < -0.39 is 5.54 Å². The zero-order chi connectivity index (χ0) is 19.1. The summed E-state index contributed by atoms with van der Waals surface area (Å²) in [6.07, 6.45) is 4.26. The first-order chi connectivity index (χ1) is 12.2.